The largest absolute Gasteiger partial charge is 0.320 e. The predicted octanol–water partition coefficient (Wildman–Crippen LogP) is 3.06. The van der Waals surface area contributed by atoms with Gasteiger partial charge in [-0.1, -0.05) is 16.6 Å². The third-order valence-corrected chi connectivity index (χ3v) is 4.29. The molecule has 0 radical (unpaired) electrons. The second-order valence-electron chi connectivity index (χ2n) is 3.80. The molecule has 1 amide bonds. The fourth-order valence-corrected chi connectivity index (χ4v) is 2.83. The van der Waals surface area contributed by atoms with E-state index in [9.17, 15) is 26.6 Å². The van der Waals surface area contributed by atoms with E-state index in [-0.39, 0.29) is 10.6 Å². The molecule has 0 spiro atoms. The second kappa shape index (κ2) is 6.92. The number of carbonyl (C=O) groups excluding carboxylic acids is 1. The van der Waals surface area contributed by atoms with Crippen molar-refractivity contribution in [1.82, 2.24) is 9.59 Å². The van der Waals surface area contributed by atoms with Gasteiger partial charge in [0.05, 0.1) is 10.6 Å². The van der Waals surface area contributed by atoms with E-state index in [0.717, 1.165) is 6.07 Å². The van der Waals surface area contributed by atoms with E-state index in [4.69, 9.17) is 0 Å². The van der Waals surface area contributed by atoms with Gasteiger partial charge < -0.3 is 5.32 Å². The summed E-state index contributed by atoms with van der Waals surface area (Å²) in [4.78, 5) is 11.2. The van der Waals surface area contributed by atoms with Gasteiger partial charge in [-0.2, -0.15) is 8.78 Å². The highest BCUT2D eigenvalue weighted by atomic mass is 32.2. The number of nitrogens with one attached hydrogen (secondary N) is 1. The van der Waals surface area contributed by atoms with E-state index in [1.165, 1.54) is 18.2 Å². The molecule has 5 nitrogen and oxygen atoms in total. The molecule has 0 aliphatic rings. The molecule has 0 aliphatic heterocycles. The molecule has 11 heteroatoms. The SMILES string of the molecule is O=C(Nc1ccccc1S(=O)C(F)F)c1snnc1C(F)F. The van der Waals surface area contributed by atoms with E-state index >= 15 is 0 Å². The van der Waals surface area contributed by atoms with Crippen LogP contribution in [0, 0.1) is 0 Å². The van der Waals surface area contributed by atoms with Gasteiger partial charge in [0.15, 0.2) is 5.69 Å². The first-order valence-corrected chi connectivity index (χ1v) is 7.60. The minimum atomic E-state index is -3.14. The summed E-state index contributed by atoms with van der Waals surface area (Å²) in [5, 5.41) is 5.32. The lowest BCUT2D eigenvalue weighted by Crippen LogP contribution is -2.15. The molecule has 2 rings (SSSR count). The zero-order valence-corrected chi connectivity index (χ0v) is 12.1. The lowest BCUT2D eigenvalue weighted by Gasteiger charge is -2.09. The number of benzene rings is 1. The lowest BCUT2D eigenvalue weighted by atomic mass is 10.3. The van der Waals surface area contributed by atoms with Gasteiger partial charge in [0.25, 0.3) is 12.3 Å². The molecule has 118 valence electrons. The minimum Gasteiger partial charge on any atom is -0.320 e. The number of hydrogen-bond donors (Lipinski definition) is 1. The first-order valence-electron chi connectivity index (χ1n) is 5.61. The van der Waals surface area contributed by atoms with Gasteiger partial charge in [0, 0.05) is 0 Å². The van der Waals surface area contributed by atoms with Crippen LogP contribution >= 0.6 is 11.5 Å². The van der Waals surface area contributed by atoms with Crippen molar-refractivity contribution in [3.63, 3.8) is 0 Å². The van der Waals surface area contributed by atoms with Crippen LogP contribution in [0.25, 0.3) is 0 Å². The van der Waals surface area contributed by atoms with Gasteiger partial charge in [-0.25, -0.2) is 13.0 Å². The van der Waals surface area contributed by atoms with Crippen molar-refractivity contribution in [2.24, 2.45) is 0 Å². The number of amides is 1. The summed E-state index contributed by atoms with van der Waals surface area (Å²) in [6, 6.07) is 5.17. The predicted molar refractivity (Wildman–Crippen MR) is 71.7 cm³/mol. The Morgan fingerprint density at radius 2 is 1.91 bits per heavy atom. The molecule has 1 aromatic heterocycles. The van der Waals surface area contributed by atoms with Crippen LogP contribution in [0.3, 0.4) is 0 Å². The van der Waals surface area contributed by atoms with Crippen molar-refractivity contribution in [2.45, 2.75) is 17.1 Å². The number of anilines is 1. The van der Waals surface area contributed by atoms with Gasteiger partial charge in [-0.15, -0.1) is 5.10 Å². The van der Waals surface area contributed by atoms with Gasteiger partial charge >= 0.3 is 5.76 Å². The summed E-state index contributed by atoms with van der Waals surface area (Å²) in [5.41, 5.74) is -0.949. The summed E-state index contributed by atoms with van der Waals surface area (Å²) in [6.45, 7) is 0. The van der Waals surface area contributed by atoms with Gasteiger partial charge in [-0.3, -0.25) is 4.79 Å². The monoisotopic (exact) mass is 353 g/mol. The molecular formula is C11H7F4N3O2S2. The van der Waals surface area contributed by atoms with E-state index in [2.05, 4.69) is 14.9 Å². The quantitative estimate of drug-likeness (QED) is 0.839. The second-order valence-corrected chi connectivity index (χ2v) is 5.94. The molecule has 0 saturated heterocycles. The molecule has 0 saturated carbocycles. The Kier molecular flexibility index (Phi) is 5.19. The van der Waals surface area contributed by atoms with Crippen LogP contribution in [0.5, 0.6) is 0 Å². The normalized spacial score (nSPS) is 12.6. The van der Waals surface area contributed by atoms with Crippen molar-refractivity contribution in [3.05, 3.63) is 34.8 Å². The minimum absolute atomic E-state index is 0.153. The van der Waals surface area contributed by atoms with Crippen LogP contribution in [0.4, 0.5) is 23.2 Å². The van der Waals surface area contributed by atoms with E-state index in [1.807, 2.05) is 0 Å². The van der Waals surface area contributed by atoms with Crippen molar-refractivity contribution in [1.29, 1.82) is 0 Å². The fraction of sp³-hybridized carbons (Fsp3) is 0.182. The number of alkyl halides is 4. The Hall–Kier alpha value is -1.88. The maximum atomic E-state index is 12.6. The number of aromatic nitrogens is 2. The van der Waals surface area contributed by atoms with Crippen LogP contribution in [-0.2, 0) is 10.8 Å². The van der Waals surface area contributed by atoms with Crippen LogP contribution in [0.1, 0.15) is 21.8 Å². The average molecular weight is 353 g/mol. The molecule has 0 bridgehead atoms. The molecule has 1 atom stereocenters. The number of halogens is 4. The Balaban J connectivity index is 2.29. The highest BCUT2D eigenvalue weighted by Crippen LogP contribution is 2.26. The fourth-order valence-electron chi connectivity index (χ4n) is 1.52. The first kappa shape index (κ1) is 16.5. The molecule has 1 N–H and O–H groups in total. The average Bonchev–Trinajstić information content (AvgIpc) is 2.96. The molecule has 22 heavy (non-hydrogen) atoms. The zero-order valence-electron chi connectivity index (χ0n) is 10.5. The molecule has 1 aromatic carbocycles. The summed E-state index contributed by atoms with van der Waals surface area (Å²) < 4.78 is 65.1. The molecule has 1 heterocycles. The first-order chi connectivity index (χ1) is 10.4. The third kappa shape index (κ3) is 3.47. The van der Waals surface area contributed by atoms with E-state index in [1.54, 1.807) is 0 Å². The van der Waals surface area contributed by atoms with Crippen molar-refractivity contribution in [3.8, 4) is 0 Å². The molecule has 0 aliphatic carbocycles. The summed E-state index contributed by atoms with van der Waals surface area (Å²) in [7, 11) is -2.65. The van der Waals surface area contributed by atoms with Crippen LogP contribution < -0.4 is 5.32 Å². The third-order valence-electron chi connectivity index (χ3n) is 2.44. The maximum absolute atomic E-state index is 12.6. The Labute approximate surface area is 128 Å². The smallest absolute Gasteiger partial charge is 0.316 e. The standard InChI is InChI=1S/C11H7F4N3O2S2/c12-9(13)7-8(21-18-17-7)10(19)16-5-3-1-2-4-6(5)22(20)11(14)15/h1-4,9,11H,(H,16,19). The van der Waals surface area contributed by atoms with Crippen LogP contribution in [0.2, 0.25) is 0 Å². The Morgan fingerprint density at radius 1 is 1.23 bits per heavy atom. The molecule has 0 fully saturated rings. The number of hydrogen-bond acceptors (Lipinski definition) is 5. The molecule has 1 unspecified atom stereocenters. The Bertz CT molecular complexity index is 708. The van der Waals surface area contributed by atoms with Crippen molar-refractivity contribution < 1.29 is 26.6 Å². The zero-order chi connectivity index (χ0) is 16.3. The topological polar surface area (TPSA) is 72.0 Å². The van der Waals surface area contributed by atoms with Crippen molar-refractivity contribution in [2.75, 3.05) is 5.32 Å². The number of nitrogens with zero attached hydrogens (tertiary/aromatic N) is 2. The van der Waals surface area contributed by atoms with Crippen molar-refractivity contribution >= 4 is 33.9 Å². The molecule has 2 aromatic rings. The Morgan fingerprint density at radius 3 is 2.55 bits per heavy atom. The van der Waals surface area contributed by atoms with Crippen LogP contribution in [0.15, 0.2) is 29.2 Å². The maximum Gasteiger partial charge on any atom is 0.316 e. The number of para-hydroxylation sites is 1. The van der Waals surface area contributed by atoms with Gasteiger partial charge in [0.2, 0.25) is 0 Å². The molecular weight excluding hydrogens is 346 g/mol. The van der Waals surface area contributed by atoms with Gasteiger partial charge in [0.1, 0.15) is 15.7 Å². The van der Waals surface area contributed by atoms with Crippen LogP contribution in [-0.4, -0.2) is 25.5 Å². The van der Waals surface area contributed by atoms with Gasteiger partial charge in [-0.05, 0) is 23.7 Å². The van der Waals surface area contributed by atoms with E-state index in [0.29, 0.717) is 11.5 Å². The summed E-state index contributed by atoms with van der Waals surface area (Å²) in [5.74, 6) is -4.12. The lowest BCUT2D eigenvalue weighted by molar-refractivity contribution is 0.101. The van der Waals surface area contributed by atoms with E-state index < -0.39 is 39.5 Å². The number of carbonyl (C=O) groups is 1. The summed E-state index contributed by atoms with van der Waals surface area (Å²) in [6.07, 6.45) is -3.00. The number of rotatable bonds is 5. The highest BCUT2D eigenvalue weighted by molar-refractivity contribution is 7.85. The summed E-state index contributed by atoms with van der Waals surface area (Å²) >= 11 is 0.449. The highest BCUT2D eigenvalue weighted by Gasteiger charge is 2.25.